The first-order chi connectivity index (χ1) is 11.1. The molecule has 0 unspecified atom stereocenters. The fourth-order valence-electron chi connectivity index (χ4n) is 2.93. The highest BCUT2D eigenvalue weighted by Gasteiger charge is 2.33. The summed E-state index contributed by atoms with van der Waals surface area (Å²) >= 11 is 0. The van der Waals surface area contributed by atoms with Crippen LogP contribution in [0.3, 0.4) is 0 Å². The van der Waals surface area contributed by atoms with Crippen LogP contribution in [0.1, 0.15) is 58.7 Å². The normalized spacial score (nSPS) is 16.3. The molecule has 1 aliphatic heterocycles. The molecule has 0 saturated carbocycles. The fraction of sp³-hybridized carbons (Fsp3) is 0.353. The third-order valence-electron chi connectivity index (χ3n) is 4.05. The molecule has 1 N–H and O–H groups in total. The molecule has 0 spiro atoms. The molecule has 0 saturated heterocycles. The van der Waals surface area contributed by atoms with Gasteiger partial charge in [-0.3, -0.25) is 4.79 Å². The van der Waals surface area contributed by atoms with Crippen LogP contribution in [-0.4, -0.2) is 24.0 Å². The second kappa shape index (κ2) is 5.87. The summed E-state index contributed by atoms with van der Waals surface area (Å²) in [5.74, 6) is -1.11. The molecule has 6 nitrogen and oxygen atoms in total. The quantitative estimate of drug-likeness (QED) is 0.877. The summed E-state index contributed by atoms with van der Waals surface area (Å²) in [6.07, 6.45) is 2.37. The van der Waals surface area contributed by atoms with Gasteiger partial charge in [-0.05, 0) is 18.9 Å². The summed E-state index contributed by atoms with van der Waals surface area (Å²) in [6, 6.07) is 4.63. The number of carbonyl (C=O) groups is 2. The molecule has 120 valence electrons. The molecular weight excluding hydrogens is 298 g/mol. The van der Waals surface area contributed by atoms with Gasteiger partial charge in [-0.1, -0.05) is 19.4 Å². The lowest BCUT2D eigenvalue weighted by molar-refractivity contribution is 0.0365. The average Bonchev–Trinajstić information content (AvgIpc) is 2.88. The van der Waals surface area contributed by atoms with E-state index < -0.39 is 17.4 Å². The van der Waals surface area contributed by atoms with Crippen molar-refractivity contribution in [2.24, 2.45) is 0 Å². The number of esters is 2. The number of hydrogen-bond acceptors (Lipinski definition) is 5. The lowest BCUT2D eigenvalue weighted by Gasteiger charge is -2.10. The number of H-pyrrole nitrogens is 1. The third-order valence-corrected chi connectivity index (χ3v) is 4.05. The molecule has 6 heteroatoms. The summed E-state index contributed by atoms with van der Waals surface area (Å²) in [5, 5.41) is 0.263. The summed E-state index contributed by atoms with van der Waals surface area (Å²) in [5.41, 5.74) is 1.13. The smallest absolute Gasteiger partial charge is 0.354 e. The number of fused-ring (bicyclic) bond motifs is 3. The first kappa shape index (κ1) is 15.3. The van der Waals surface area contributed by atoms with E-state index in [-0.39, 0.29) is 17.2 Å². The third kappa shape index (κ3) is 2.50. The molecule has 0 fully saturated rings. The van der Waals surface area contributed by atoms with E-state index >= 15 is 0 Å². The molecule has 1 aromatic heterocycles. The standard InChI is InChI=1S/C17H17NO5/c1-3-4-5-13-9-6-7-10-15(14(9)17(21)23-13)12(19)8-11(18-10)16(20)22-2/h6-8,13H,3-5H2,1-2H3,(H,18,19)/t13-/m0/s1. The Kier molecular flexibility index (Phi) is 3.90. The van der Waals surface area contributed by atoms with Crippen LogP contribution < -0.4 is 5.43 Å². The Labute approximate surface area is 132 Å². The van der Waals surface area contributed by atoms with Gasteiger partial charge in [0.2, 0.25) is 0 Å². The maximum atomic E-state index is 12.4. The van der Waals surface area contributed by atoms with Crippen LogP contribution in [0.15, 0.2) is 23.0 Å². The fourth-order valence-corrected chi connectivity index (χ4v) is 2.93. The summed E-state index contributed by atoms with van der Waals surface area (Å²) < 4.78 is 10.0. The maximum Gasteiger partial charge on any atom is 0.354 e. The molecule has 2 heterocycles. The Hall–Kier alpha value is -2.63. The van der Waals surface area contributed by atoms with Gasteiger partial charge in [0.1, 0.15) is 11.8 Å². The van der Waals surface area contributed by atoms with Crippen molar-refractivity contribution in [3.8, 4) is 0 Å². The van der Waals surface area contributed by atoms with Crippen LogP contribution in [0.2, 0.25) is 0 Å². The molecule has 0 aliphatic carbocycles. The van der Waals surface area contributed by atoms with Crippen LogP contribution in [0.4, 0.5) is 0 Å². The van der Waals surface area contributed by atoms with Crippen molar-refractivity contribution in [3.63, 3.8) is 0 Å². The first-order valence-electron chi connectivity index (χ1n) is 7.56. The van der Waals surface area contributed by atoms with Crippen molar-refractivity contribution >= 4 is 22.8 Å². The topological polar surface area (TPSA) is 85.5 Å². The summed E-state index contributed by atoms with van der Waals surface area (Å²) in [4.78, 5) is 39.1. The number of aromatic amines is 1. The van der Waals surface area contributed by atoms with Crippen molar-refractivity contribution in [1.29, 1.82) is 0 Å². The average molecular weight is 315 g/mol. The van der Waals surface area contributed by atoms with Gasteiger partial charge in [0.25, 0.3) is 0 Å². The summed E-state index contributed by atoms with van der Waals surface area (Å²) in [7, 11) is 1.24. The molecular formula is C17H17NO5. The van der Waals surface area contributed by atoms with E-state index in [9.17, 15) is 14.4 Å². The van der Waals surface area contributed by atoms with Crippen LogP contribution >= 0.6 is 0 Å². The number of unbranched alkanes of at least 4 members (excludes halogenated alkanes) is 1. The molecule has 2 aromatic rings. The lowest BCUT2D eigenvalue weighted by Crippen LogP contribution is -2.13. The van der Waals surface area contributed by atoms with Gasteiger partial charge in [0, 0.05) is 11.6 Å². The zero-order valence-corrected chi connectivity index (χ0v) is 13.0. The number of carbonyl (C=O) groups excluding carboxylic acids is 2. The van der Waals surface area contributed by atoms with E-state index in [1.54, 1.807) is 12.1 Å². The van der Waals surface area contributed by atoms with E-state index in [4.69, 9.17) is 4.74 Å². The molecule has 1 aliphatic rings. The Bertz CT molecular complexity index is 852. The number of pyridine rings is 1. The molecule has 1 atom stereocenters. The SMILES string of the molecule is CCCC[C@@H]1OC(=O)c2c1ccc1[nH]c(C(=O)OC)cc(=O)c21. The monoisotopic (exact) mass is 315 g/mol. The van der Waals surface area contributed by atoms with Gasteiger partial charge in [-0.2, -0.15) is 0 Å². The number of hydrogen-bond donors (Lipinski definition) is 1. The predicted molar refractivity (Wildman–Crippen MR) is 83.6 cm³/mol. The predicted octanol–water partition coefficient (Wildman–Crippen LogP) is 2.72. The van der Waals surface area contributed by atoms with Crippen molar-refractivity contribution in [2.75, 3.05) is 7.11 Å². The molecule has 0 amide bonds. The van der Waals surface area contributed by atoms with Gasteiger partial charge in [-0.15, -0.1) is 0 Å². The van der Waals surface area contributed by atoms with Crippen molar-refractivity contribution in [2.45, 2.75) is 32.3 Å². The molecule has 0 bridgehead atoms. The minimum atomic E-state index is -0.632. The Morgan fingerprint density at radius 1 is 1.35 bits per heavy atom. The Morgan fingerprint density at radius 2 is 2.13 bits per heavy atom. The van der Waals surface area contributed by atoms with Gasteiger partial charge in [0.05, 0.1) is 23.6 Å². The second-order valence-corrected chi connectivity index (χ2v) is 5.53. The highest BCUT2D eigenvalue weighted by Crippen LogP contribution is 2.36. The van der Waals surface area contributed by atoms with E-state index in [1.165, 1.54) is 7.11 Å². The largest absolute Gasteiger partial charge is 0.464 e. The first-order valence-corrected chi connectivity index (χ1v) is 7.56. The van der Waals surface area contributed by atoms with E-state index in [1.807, 2.05) is 0 Å². The van der Waals surface area contributed by atoms with Gasteiger partial charge < -0.3 is 14.5 Å². The summed E-state index contributed by atoms with van der Waals surface area (Å²) in [6.45, 7) is 2.07. The van der Waals surface area contributed by atoms with E-state index in [0.29, 0.717) is 11.1 Å². The minimum absolute atomic E-state index is 0.0545. The highest BCUT2D eigenvalue weighted by molar-refractivity contribution is 6.07. The Morgan fingerprint density at radius 3 is 2.83 bits per heavy atom. The molecule has 3 rings (SSSR count). The number of ether oxygens (including phenoxy) is 2. The van der Waals surface area contributed by atoms with Gasteiger partial charge in [0.15, 0.2) is 5.43 Å². The van der Waals surface area contributed by atoms with Crippen LogP contribution in [0.25, 0.3) is 10.9 Å². The molecule has 0 radical (unpaired) electrons. The van der Waals surface area contributed by atoms with Crippen molar-refractivity contribution in [3.05, 3.63) is 45.2 Å². The lowest BCUT2D eigenvalue weighted by atomic mass is 9.97. The number of methoxy groups -OCH3 is 1. The highest BCUT2D eigenvalue weighted by atomic mass is 16.5. The van der Waals surface area contributed by atoms with Crippen LogP contribution in [-0.2, 0) is 9.47 Å². The number of rotatable bonds is 4. The molecule has 23 heavy (non-hydrogen) atoms. The van der Waals surface area contributed by atoms with Crippen LogP contribution in [0, 0.1) is 0 Å². The number of aromatic nitrogens is 1. The minimum Gasteiger partial charge on any atom is -0.464 e. The molecule has 1 aromatic carbocycles. The van der Waals surface area contributed by atoms with Crippen molar-refractivity contribution in [1.82, 2.24) is 4.98 Å². The maximum absolute atomic E-state index is 12.4. The number of benzene rings is 1. The second-order valence-electron chi connectivity index (χ2n) is 5.53. The number of nitrogens with one attached hydrogen (secondary N) is 1. The van der Waals surface area contributed by atoms with Gasteiger partial charge >= 0.3 is 11.9 Å². The van der Waals surface area contributed by atoms with E-state index in [2.05, 4.69) is 16.6 Å². The zero-order valence-electron chi connectivity index (χ0n) is 13.0. The number of cyclic esters (lactones) is 1. The van der Waals surface area contributed by atoms with Crippen LogP contribution in [0.5, 0.6) is 0 Å². The van der Waals surface area contributed by atoms with Crippen molar-refractivity contribution < 1.29 is 19.1 Å². The Balaban J connectivity index is 2.17. The van der Waals surface area contributed by atoms with E-state index in [0.717, 1.165) is 30.9 Å². The van der Waals surface area contributed by atoms with Gasteiger partial charge in [-0.25, -0.2) is 9.59 Å². The zero-order chi connectivity index (χ0) is 16.6.